The Morgan fingerprint density at radius 3 is 2.17 bits per heavy atom. The van der Waals surface area contributed by atoms with E-state index < -0.39 is 0 Å². The van der Waals surface area contributed by atoms with Crippen molar-refractivity contribution in [2.24, 2.45) is 11.8 Å². The minimum Gasteiger partial charge on any atom is -0.497 e. The van der Waals surface area contributed by atoms with E-state index >= 15 is 0 Å². The minimum absolute atomic E-state index is 0. The number of rotatable bonds is 4. The van der Waals surface area contributed by atoms with Crippen LogP contribution in [0.25, 0.3) is 0 Å². The number of nitrogens with one attached hydrogen (secondary N) is 1. The quantitative estimate of drug-likeness (QED) is 0.850. The van der Waals surface area contributed by atoms with E-state index in [2.05, 4.69) is 5.32 Å². The number of methoxy groups -OCH3 is 1. The van der Waals surface area contributed by atoms with Crippen LogP contribution in [0, 0.1) is 11.8 Å². The number of ether oxygens (including phenoxy) is 1. The molecule has 0 bridgehead atoms. The summed E-state index contributed by atoms with van der Waals surface area (Å²) in [6, 6.07) is 7.27. The van der Waals surface area contributed by atoms with Crippen molar-refractivity contribution in [1.82, 2.24) is 10.2 Å². The molecule has 3 rings (SSSR count). The molecule has 126 valence electrons. The first-order valence-corrected chi connectivity index (χ1v) is 7.87. The lowest BCUT2D eigenvalue weighted by atomic mass is 9.88. The molecule has 1 amide bonds. The molecule has 1 aromatic rings. The Hall–Kier alpha value is -1.59. The van der Waals surface area contributed by atoms with Gasteiger partial charge in [0.2, 0.25) is 5.91 Å². The highest BCUT2D eigenvalue weighted by molar-refractivity contribution is 5.98. The number of halogens is 1. The van der Waals surface area contributed by atoms with E-state index in [0.29, 0.717) is 13.1 Å². The van der Waals surface area contributed by atoms with Crippen molar-refractivity contribution in [2.45, 2.75) is 12.8 Å². The van der Waals surface area contributed by atoms with Crippen LogP contribution >= 0.6 is 12.4 Å². The number of nitrogens with zero attached hydrogens (tertiary/aromatic N) is 1. The molecule has 0 spiro atoms. The van der Waals surface area contributed by atoms with Gasteiger partial charge in [0.15, 0.2) is 5.78 Å². The second kappa shape index (κ2) is 7.79. The molecule has 23 heavy (non-hydrogen) atoms. The standard InChI is InChI=1S/C17H22N2O3.ClH/c1-22-15-4-2-12(3-5-15)16(20)13-6-8-19(9-7-13)17(21)14-10-18-11-14;/h2-5,13-14,18H,6-11H2,1H3;1H. The van der Waals surface area contributed by atoms with Crippen LogP contribution in [0.5, 0.6) is 5.75 Å². The number of hydrogen-bond donors (Lipinski definition) is 1. The van der Waals surface area contributed by atoms with E-state index in [1.165, 1.54) is 0 Å². The number of Topliss-reactive ketones (excluding diaryl/α,β-unsaturated/α-hetero) is 1. The molecule has 2 heterocycles. The van der Waals surface area contributed by atoms with Crippen LogP contribution < -0.4 is 10.1 Å². The summed E-state index contributed by atoms with van der Waals surface area (Å²) in [7, 11) is 1.61. The first-order chi connectivity index (χ1) is 10.7. The van der Waals surface area contributed by atoms with Crippen molar-refractivity contribution in [3.8, 4) is 5.75 Å². The van der Waals surface area contributed by atoms with Crippen molar-refractivity contribution >= 4 is 24.1 Å². The van der Waals surface area contributed by atoms with Crippen molar-refractivity contribution in [3.63, 3.8) is 0 Å². The molecule has 0 aliphatic carbocycles. The fourth-order valence-electron chi connectivity index (χ4n) is 3.07. The molecule has 1 N–H and O–H groups in total. The van der Waals surface area contributed by atoms with Gasteiger partial charge in [0.25, 0.3) is 0 Å². The van der Waals surface area contributed by atoms with E-state index in [4.69, 9.17) is 4.74 Å². The molecule has 1 aromatic carbocycles. The second-order valence-electron chi connectivity index (χ2n) is 6.05. The van der Waals surface area contributed by atoms with Crippen LogP contribution in [0.2, 0.25) is 0 Å². The second-order valence-corrected chi connectivity index (χ2v) is 6.05. The van der Waals surface area contributed by atoms with Crippen molar-refractivity contribution < 1.29 is 14.3 Å². The maximum atomic E-state index is 12.5. The molecule has 0 aromatic heterocycles. The van der Waals surface area contributed by atoms with Gasteiger partial charge in [-0.3, -0.25) is 9.59 Å². The number of carbonyl (C=O) groups excluding carboxylic acids is 2. The molecule has 5 nitrogen and oxygen atoms in total. The lowest BCUT2D eigenvalue weighted by molar-refractivity contribution is -0.138. The summed E-state index contributed by atoms with van der Waals surface area (Å²) in [5.74, 6) is 1.35. The van der Waals surface area contributed by atoms with Gasteiger partial charge in [-0.15, -0.1) is 12.4 Å². The Balaban J connectivity index is 0.00000192. The number of piperidine rings is 1. The third kappa shape index (κ3) is 3.85. The van der Waals surface area contributed by atoms with Gasteiger partial charge < -0.3 is 15.0 Å². The first-order valence-electron chi connectivity index (χ1n) is 7.87. The van der Waals surface area contributed by atoms with Crippen LogP contribution in [-0.2, 0) is 4.79 Å². The summed E-state index contributed by atoms with van der Waals surface area (Å²) in [4.78, 5) is 26.6. The summed E-state index contributed by atoms with van der Waals surface area (Å²) in [5, 5.41) is 3.13. The SMILES string of the molecule is COc1ccc(C(=O)C2CCN(C(=O)C3CNC3)CC2)cc1.Cl. The number of hydrogen-bond acceptors (Lipinski definition) is 4. The predicted molar refractivity (Wildman–Crippen MR) is 90.2 cm³/mol. The molecule has 6 heteroatoms. The molecular weight excluding hydrogens is 316 g/mol. The highest BCUT2D eigenvalue weighted by Gasteiger charge is 2.33. The predicted octanol–water partition coefficient (Wildman–Crippen LogP) is 1.76. The molecule has 0 atom stereocenters. The van der Waals surface area contributed by atoms with E-state index in [1.807, 2.05) is 29.2 Å². The zero-order chi connectivity index (χ0) is 15.5. The lowest BCUT2D eigenvalue weighted by Crippen LogP contribution is -2.53. The molecule has 0 unspecified atom stereocenters. The van der Waals surface area contributed by atoms with Crippen LogP contribution in [0.4, 0.5) is 0 Å². The van der Waals surface area contributed by atoms with Gasteiger partial charge in [-0.1, -0.05) is 0 Å². The number of amides is 1. The fraction of sp³-hybridized carbons (Fsp3) is 0.529. The summed E-state index contributed by atoms with van der Waals surface area (Å²) < 4.78 is 5.11. The Morgan fingerprint density at radius 2 is 1.70 bits per heavy atom. The summed E-state index contributed by atoms with van der Waals surface area (Å²) >= 11 is 0. The zero-order valence-corrected chi connectivity index (χ0v) is 14.1. The lowest BCUT2D eigenvalue weighted by Gasteiger charge is -2.36. The molecule has 2 aliphatic heterocycles. The third-order valence-corrected chi connectivity index (χ3v) is 4.68. The van der Waals surface area contributed by atoms with E-state index in [-0.39, 0.29) is 35.9 Å². The van der Waals surface area contributed by atoms with E-state index in [0.717, 1.165) is 37.2 Å². The highest BCUT2D eigenvalue weighted by atomic mass is 35.5. The summed E-state index contributed by atoms with van der Waals surface area (Å²) in [6.45, 7) is 2.98. The van der Waals surface area contributed by atoms with E-state index in [1.54, 1.807) is 7.11 Å². The molecule has 0 saturated carbocycles. The van der Waals surface area contributed by atoms with Crippen LogP contribution in [0.3, 0.4) is 0 Å². The summed E-state index contributed by atoms with van der Waals surface area (Å²) in [5.41, 5.74) is 0.730. The van der Waals surface area contributed by atoms with Gasteiger partial charge in [-0.25, -0.2) is 0 Å². The molecular formula is C17H23ClN2O3. The van der Waals surface area contributed by atoms with Gasteiger partial charge in [0, 0.05) is 37.7 Å². The van der Waals surface area contributed by atoms with Crippen molar-refractivity contribution in [3.05, 3.63) is 29.8 Å². The average molecular weight is 339 g/mol. The topological polar surface area (TPSA) is 58.6 Å². The monoisotopic (exact) mass is 338 g/mol. The van der Waals surface area contributed by atoms with Crippen molar-refractivity contribution in [2.75, 3.05) is 33.3 Å². The smallest absolute Gasteiger partial charge is 0.228 e. The number of benzene rings is 1. The van der Waals surface area contributed by atoms with Gasteiger partial charge >= 0.3 is 0 Å². The Bertz CT molecular complexity index is 549. The molecule has 0 radical (unpaired) electrons. The van der Waals surface area contributed by atoms with Gasteiger partial charge in [-0.05, 0) is 37.1 Å². The van der Waals surface area contributed by atoms with Gasteiger partial charge in [0.05, 0.1) is 13.0 Å². The van der Waals surface area contributed by atoms with E-state index in [9.17, 15) is 9.59 Å². The number of ketones is 1. The molecule has 2 saturated heterocycles. The van der Waals surface area contributed by atoms with Crippen LogP contribution in [0.15, 0.2) is 24.3 Å². The Labute approximate surface area is 142 Å². The van der Waals surface area contributed by atoms with Gasteiger partial charge in [0.1, 0.15) is 5.75 Å². The maximum Gasteiger partial charge on any atom is 0.228 e. The largest absolute Gasteiger partial charge is 0.497 e. The fourth-order valence-corrected chi connectivity index (χ4v) is 3.07. The molecule has 2 fully saturated rings. The maximum absolute atomic E-state index is 12.5. The van der Waals surface area contributed by atoms with Crippen LogP contribution in [-0.4, -0.2) is 49.9 Å². The number of likely N-dealkylation sites (tertiary alicyclic amines) is 1. The normalized spacial score (nSPS) is 18.7. The van der Waals surface area contributed by atoms with Crippen molar-refractivity contribution in [1.29, 1.82) is 0 Å². The molecule has 2 aliphatic rings. The first kappa shape index (κ1) is 17.8. The Morgan fingerprint density at radius 1 is 1.09 bits per heavy atom. The summed E-state index contributed by atoms with van der Waals surface area (Å²) in [6.07, 6.45) is 1.52. The Kier molecular flexibility index (Phi) is 6.02. The average Bonchev–Trinajstić information content (AvgIpc) is 2.53. The third-order valence-electron chi connectivity index (χ3n) is 4.68. The highest BCUT2D eigenvalue weighted by Crippen LogP contribution is 2.24. The van der Waals surface area contributed by atoms with Crippen LogP contribution in [0.1, 0.15) is 23.2 Å². The van der Waals surface area contributed by atoms with Gasteiger partial charge in [-0.2, -0.15) is 0 Å². The zero-order valence-electron chi connectivity index (χ0n) is 13.3. The number of carbonyl (C=O) groups is 2. The minimum atomic E-state index is 0.